The highest BCUT2D eigenvalue weighted by atomic mass is 35.5. The van der Waals surface area contributed by atoms with E-state index in [-0.39, 0.29) is 0 Å². The van der Waals surface area contributed by atoms with Gasteiger partial charge in [-0.25, -0.2) is 4.98 Å². The first-order valence-electron chi connectivity index (χ1n) is 6.17. The number of imidazole rings is 1. The molecular weight excluding hydrogens is 246 g/mol. The van der Waals surface area contributed by atoms with Gasteiger partial charge in [0.15, 0.2) is 0 Å². The van der Waals surface area contributed by atoms with Crippen molar-refractivity contribution in [2.75, 3.05) is 13.1 Å². The Balaban J connectivity index is 1.64. The van der Waals surface area contributed by atoms with Crippen LogP contribution in [0.3, 0.4) is 0 Å². The third kappa shape index (κ3) is 3.86. The van der Waals surface area contributed by atoms with E-state index in [9.17, 15) is 0 Å². The summed E-state index contributed by atoms with van der Waals surface area (Å²) in [5, 5.41) is 4.22. The number of halogens is 1. The summed E-state index contributed by atoms with van der Waals surface area (Å²) in [7, 11) is 2.02. The largest absolute Gasteiger partial charge is 0.338 e. The molecule has 2 aromatic rings. The highest BCUT2D eigenvalue weighted by molar-refractivity contribution is 6.30. The molecule has 0 aliphatic heterocycles. The number of hydrogen-bond acceptors (Lipinski definition) is 2. The smallest absolute Gasteiger partial charge is 0.109 e. The zero-order chi connectivity index (χ0) is 12.8. The van der Waals surface area contributed by atoms with Crippen LogP contribution in [0.2, 0.25) is 5.02 Å². The Kier molecular flexibility index (Phi) is 4.79. The molecule has 0 fully saturated rings. The maximum atomic E-state index is 5.84. The van der Waals surface area contributed by atoms with Crippen LogP contribution < -0.4 is 5.32 Å². The highest BCUT2D eigenvalue weighted by Gasteiger charge is 1.98. The summed E-state index contributed by atoms with van der Waals surface area (Å²) >= 11 is 5.84. The van der Waals surface area contributed by atoms with Crippen molar-refractivity contribution in [1.82, 2.24) is 14.9 Å². The number of aryl methyl sites for hydroxylation is 1. The Morgan fingerprint density at radius 2 is 1.89 bits per heavy atom. The SMILES string of the molecule is Cn1ccnc1CCNCCc1ccc(Cl)cc1. The van der Waals surface area contributed by atoms with Crippen LogP contribution in [0.4, 0.5) is 0 Å². The van der Waals surface area contributed by atoms with Crippen LogP contribution in [0.5, 0.6) is 0 Å². The number of aromatic nitrogens is 2. The van der Waals surface area contributed by atoms with Gasteiger partial charge in [-0.15, -0.1) is 0 Å². The zero-order valence-electron chi connectivity index (χ0n) is 10.6. The van der Waals surface area contributed by atoms with E-state index in [0.29, 0.717) is 0 Å². The van der Waals surface area contributed by atoms with Gasteiger partial charge in [-0.3, -0.25) is 0 Å². The second kappa shape index (κ2) is 6.57. The fourth-order valence-electron chi connectivity index (χ4n) is 1.85. The van der Waals surface area contributed by atoms with Gasteiger partial charge in [0.1, 0.15) is 5.82 Å². The quantitative estimate of drug-likeness (QED) is 0.812. The normalized spacial score (nSPS) is 10.8. The number of nitrogens with one attached hydrogen (secondary N) is 1. The van der Waals surface area contributed by atoms with Crippen LogP contribution in [0.25, 0.3) is 0 Å². The topological polar surface area (TPSA) is 29.9 Å². The zero-order valence-corrected chi connectivity index (χ0v) is 11.3. The van der Waals surface area contributed by atoms with Gasteiger partial charge in [0, 0.05) is 37.4 Å². The first-order valence-corrected chi connectivity index (χ1v) is 6.55. The minimum Gasteiger partial charge on any atom is -0.338 e. The van der Waals surface area contributed by atoms with Crippen LogP contribution in [0, 0.1) is 0 Å². The van der Waals surface area contributed by atoms with Crippen molar-refractivity contribution >= 4 is 11.6 Å². The summed E-state index contributed by atoms with van der Waals surface area (Å²) in [4.78, 5) is 4.29. The molecule has 18 heavy (non-hydrogen) atoms. The Hall–Kier alpha value is -1.32. The summed E-state index contributed by atoms with van der Waals surface area (Å²) < 4.78 is 2.06. The fourth-order valence-corrected chi connectivity index (χ4v) is 1.97. The third-order valence-corrected chi connectivity index (χ3v) is 3.20. The first kappa shape index (κ1) is 13.1. The van der Waals surface area contributed by atoms with E-state index in [0.717, 1.165) is 36.8 Å². The molecule has 2 rings (SSSR count). The van der Waals surface area contributed by atoms with Gasteiger partial charge in [-0.2, -0.15) is 0 Å². The van der Waals surface area contributed by atoms with E-state index in [2.05, 4.69) is 27.0 Å². The van der Waals surface area contributed by atoms with Gasteiger partial charge in [0.25, 0.3) is 0 Å². The second-order valence-corrected chi connectivity index (χ2v) is 4.77. The van der Waals surface area contributed by atoms with Gasteiger partial charge in [-0.1, -0.05) is 23.7 Å². The average molecular weight is 264 g/mol. The lowest BCUT2D eigenvalue weighted by Gasteiger charge is -2.05. The van der Waals surface area contributed by atoms with E-state index in [1.807, 2.05) is 31.6 Å². The van der Waals surface area contributed by atoms with Crippen molar-refractivity contribution in [3.63, 3.8) is 0 Å². The standard InChI is InChI=1S/C14H18ClN3/c1-18-11-10-17-14(18)7-9-16-8-6-12-2-4-13(15)5-3-12/h2-5,10-11,16H,6-9H2,1H3. The summed E-state index contributed by atoms with van der Waals surface area (Å²) in [6, 6.07) is 8.01. The van der Waals surface area contributed by atoms with Crippen LogP contribution in [-0.4, -0.2) is 22.6 Å². The van der Waals surface area contributed by atoms with Gasteiger partial charge in [0.2, 0.25) is 0 Å². The number of benzene rings is 1. The molecule has 0 saturated heterocycles. The Labute approximate surface area is 113 Å². The van der Waals surface area contributed by atoms with Crippen LogP contribution in [0.1, 0.15) is 11.4 Å². The minimum absolute atomic E-state index is 0.793. The van der Waals surface area contributed by atoms with Crippen molar-refractivity contribution in [3.05, 3.63) is 53.1 Å². The molecule has 0 amide bonds. The molecular formula is C14H18ClN3. The van der Waals surface area contributed by atoms with E-state index in [4.69, 9.17) is 11.6 Å². The van der Waals surface area contributed by atoms with Gasteiger partial charge < -0.3 is 9.88 Å². The number of hydrogen-bond donors (Lipinski definition) is 1. The molecule has 3 nitrogen and oxygen atoms in total. The average Bonchev–Trinajstić information content (AvgIpc) is 2.77. The van der Waals surface area contributed by atoms with Crippen LogP contribution >= 0.6 is 11.6 Å². The molecule has 1 heterocycles. The van der Waals surface area contributed by atoms with Crippen LogP contribution in [0.15, 0.2) is 36.7 Å². The molecule has 1 aromatic carbocycles. The Bertz CT molecular complexity index is 476. The number of rotatable bonds is 6. The maximum Gasteiger partial charge on any atom is 0.109 e. The summed E-state index contributed by atoms with van der Waals surface area (Å²) in [6.07, 6.45) is 5.80. The van der Waals surface area contributed by atoms with E-state index < -0.39 is 0 Å². The van der Waals surface area contributed by atoms with Crippen molar-refractivity contribution in [2.45, 2.75) is 12.8 Å². The highest BCUT2D eigenvalue weighted by Crippen LogP contribution is 2.09. The molecule has 0 bridgehead atoms. The first-order chi connectivity index (χ1) is 8.75. The summed E-state index contributed by atoms with van der Waals surface area (Å²) in [5.41, 5.74) is 1.31. The van der Waals surface area contributed by atoms with E-state index >= 15 is 0 Å². The van der Waals surface area contributed by atoms with Gasteiger partial charge >= 0.3 is 0 Å². The molecule has 4 heteroatoms. The molecule has 0 aliphatic carbocycles. The second-order valence-electron chi connectivity index (χ2n) is 4.33. The van der Waals surface area contributed by atoms with Gasteiger partial charge in [0.05, 0.1) is 0 Å². The molecule has 0 atom stereocenters. The van der Waals surface area contributed by atoms with E-state index in [1.165, 1.54) is 5.56 Å². The lowest BCUT2D eigenvalue weighted by Crippen LogP contribution is -2.21. The van der Waals surface area contributed by atoms with Crippen molar-refractivity contribution in [2.24, 2.45) is 7.05 Å². The summed E-state index contributed by atoms with van der Waals surface area (Å²) in [6.45, 7) is 1.94. The molecule has 1 N–H and O–H groups in total. The monoisotopic (exact) mass is 263 g/mol. The van der Waals surface area contributed by atoms with Crippen molar-refractivity contribution in [3.8, 4) is 0 Å². The molecule has 0 saturated carbocycles. The predicted molar refractivity (Wildman–Crippen MR) is 74.9 cm³/mol. The third-order valence-electron chi connectivity index (χ3n) is 2.95. The van der Waals surface area contributed by atoms with E-state index in [1.54, 1.807) is 0 Å². The van der Waals surface area contributed by atoms with Crippen molar-refractivity contribution in [1.29, 1.82) is 0 Å². The molecule has 1 aromatic heterocycles. The Morgan fingerprint density at radius 1 is 1.17 bits per heavy atom. The molecule has 0 spiro atoms. The van der Waals surface area contributed by atoms with Crippen molar-refractivity contribution < 1.29 is 0 Å². The van der Waals surface area contributed by atoms with Crippen LogP contribution in [-0.2, 0) is 19.9 Å². The Morgan fingerprint density at radius 3 is 2.56 bits per heavy atom. The lowest BCUT2D eigenvalue weighted by atomic mass is 10.1. The predicted octanol–water partition coefficient (Wildman–Crippen LogP) is 2.45. The molecule has 0 unspecified atom stereocenters. The lowest BCUT2D eigenvalue weighted by molar-refractivity contribution is 0.653. The van der Waals surface area contributed by atoms with Gasteiger partial charge in [-0.05, 0) is 30.7 Å². The number of nitrogens with zero attached hydrogens (tertiary/aromatic N) is 2. The summed E-state index contributed by atoms with van der Waals surface area (Å²) in [5.74, 6) is 1.12. The maximum absolute atomic E-state index is 5.84. The minimum atomic E-state index is 0.793. The fraction of sp³-hybridized carbons (Fsp3) is 0.357. The molecule has 0 aliphatic rings. The molecule has 96 valence electrons. The molecule has 0 radical (unpaired) electrons.